The van der Waals surface area contributed by atoms with Gasteiger partial charge in [-0.15, -0.1) is 11.3 Å². The molecule has 1 aromatic heterocycles. The average molecular weight is 278 g/mol. The smallest absolute Gasteiger partial charge is 0.0683 e. The van der Waals surface area contributed by atoms with E-state index >= 15 is 0 Å². The third kappa shape index (κ3) is 2.09. The van der Waals surface area contributed by atoms with Gasteiger partial charge in [0.2, 0.25) is 0 Å². The highest BCUT2D eigenvalue weighted by Crippen LogP contribution is 2.34. The number of halogens is 1. The average Bonchev–Trinajstić information content (AvgIpc) is 2.99. The van der Waals surface area contributed by atoms with Crippen molar-refractivity contribution in [2.24, 2.45) is 0 Å². The van der Waals surface area contributed by atoms with Gasteiger partial charge in [0.1, 0.15) is 0 Å². The molecule has 1 unspecified atom stereocenters. The molecule has 0 amide bonds. The summed E-state index contributed by atoms with van der Waals surface area (Å²) in [6.45, 7) is 0. The summed E-state index contributed by atoms with van der Waals surface area (Å²) in [5.41, 5.74) is 4.36. The van der Waals surface area contributed by atoms with Crippen LogP contribution in [-0.2, 0) is 12.8 Å². The van der Waals surface area contributed by atoms with Crippen molar-refractivity contribution in [3.8, 4) is 0 Å². The molecule has 3 heteroatoms. The molecule has 1 aromatic carbocycles. The molecule has 0 radical (unpaired) electrons. The lowest BCUT2D eigenvalue weighted by molar-refractivity contribution is 0.703. The Kier molecular flexibility index (Phi) is 3.42. The molecule has 0 aliphatic heterocycles. The Bertz CT molecular complexity index is 561. The summed E-state index contributed by atoms with van der Waals surface area (Å²) in [7, 11) is 1.99. The predicted octanol–water partition coefficient (Wildman–Crippen LogP) is 4.20. The molecule has 0 saturated carbocycles. The number of thiophene rings is 1. The highest BCUT2D eigenvalue weighted by Gasteiger charge is 2.19. The van der Waals surface area contributed by atoms with Gasteiger partial charge in [-0.05, 0) is 54.4 Å². The van der Waals surface area contributed by atoms with Gasteiger partial charge in [0.25, 0.3) is 0 Å². The molecule has 1 N–H and O–H groups in total. The number of hydrogen-bond donors (Lipinski definition) is 1. The fraction of sp³-hybridized carbons (Fsp3) is 0.333. The van der Waals surface area contributed by atoms with E-state index in [0.717, 1.165) is 5.02 Å². The Morgan fingerprint density at radius 3 is 2.78 bits per heavy atom. The number of benzene rings is 1. The van der Waals surface area contributed by atoms with Gasteiger partial charge < -0.3 is 5.32 Å². The lowest BCUT2D eigenvalue weighted by Crippen LogP contribution is -2.17. The Morgan fingerprint density at radius 2 is 2.06 bits per heavy atom. The standard InChI is InChI=1S/C15H16ClNS/c1-17-14(15-13(16)7-8-18-15)12-6-5-10-3-2-4-11(10)9-12/h5-9,14,17H,2-4H2,1H3. The molecule has 3 rings (SSSR count). The second-order valence-electron chi connectivity index (χ2n) is 4.74. The monoisotopic (exact) mass is 277 g/mol. The topological polar surface area (TPSA) is 12.0 Å². The fourth-order valence-electron chi connectivity index (χ4n) is 2.73. The van der Waals surface area contributed by atoms with Crippen LogP contribution < -0.4 is 5.32 Å². The largest absolute Gasteiger partial charge is 0.309 e. The van der Waals surface area contributed by atoms with E-state index in [1.165, 1.54) is 40.8 Å². The third-order valence-corrected chi connectivity index (χ3v) is 5.07. The van der Waals surface area contributed by atoms with Gasteiger partial charge in [-0.3, -0.25) is 0 Å². The van der Waals surface area contributed by atoms with Crippen LogP contribution in [0.4, 0.5) is 0 Å². The summed E-state index contributed by atoms with van der Waals surface area (Å²) in [6, 6.07) is 9.05. The number of rotatable bonds is 3. The molecule has 0 saturated heterocycles. The first-order valence-corrected chi connectivity index (χ1v) is 7.57. The molecule has 1 aliphatic carbocycles. The normalized spacial score (nSPS) is 15.7. The second kappa shape index (κ2) is 5.04. The molecule has 1 nitrogen and oxygen atoms in total. The van der Waals surface area contributed by atoms with Crippen LogP contribution in [0.25, 0.3) is 0 Å². The minimum Gasteiger partial charge on any atom is -0.309 e. The summed E-state index contributed by atoms with van der Waals surface area (Å²) in [5.74, 6) is 0. The fourth-order valence-corrected chi connectivity index (χ4v) is 4.03. The molecule has 0 spiro atoms. The van der Waals surface area contributed by atoms with Gasteiger partial charge in [0.05, 0.1) is 11.1 Å². The maximum atomic E-state index is 6.25. The highest BCUT2D eigenvalue weighted by atomic mass is 35.5. The molecule has 1 aliphatic rings. The quantitative estimate of drug-likeness (QED) is 0.887. The summed E-state index contributed by atoms with van der Waals surface area (Å²) in [4.78, 5) is 1.21. The second-order valence-corrected chi connectivity index (χ2v) is 6.09. The van der Waals surface area contributed by atoms with Crippen molar-refractivity contribution in [3.63, 3.8) is 0 Å². The molecular weight excluding hydrogens is 262 g/mol. The molecule has 18 heavy (non-hydrogen) atoms. The van der Waals surface area contributed by atoms with Gasteiger partial charge in [-0.1, -0.05) is 29.8 Å². The minimum absolute atomic E-state index is 0.211. The Hall–Kier alpha value is -0.830. The lowest BCUT2D eigenvalue weighted by atomic mass is 10.00. The minimum atomic E-state index is 0.211. The van der Waals surface area contributed by atoms with E-state index < -0.39 is 0 Å². The van der Waals surface area contributed by atoms with Crippen molar-refractivity contribution in [1.82, 2.24) is 5.32 Å². The van der Waals surface area contributed by atoms with Crippen molar-refractivity contribution in [2.45, 2.75) is 25.3 Å². The predicted molar refractivity (Wildman–Crippen MR) is 78.7 cm³/mol. The van der Waals surface area contributed by atoms with Crippen molar-refractivity contribution in [2.75, 3.05) is 7.05 Å². The molecule has 1 atom stereocenters. The van der Waals surface area contributed by atoms with Crippen molar-refractivity contribution < 1.29 is 0 Å². The number of nitrogens with one attached hydrogen (secondary N) is 1. The van der Waals surface area contributed by atoms with E-state index in [0.29, 0.717) is 0 Å². The van der Waals surface area contributed by atoms with Crippen LogP contribution in [-0.4, -0.2) is 7.05 Å². The number of aryl methyl sites for hydroxylation is 2. The zero-order chi connectivity index (χ0) is 12.5. The Balaban J connectivity index is 2.00. The zero-order valence-electron chi connectivity index (χ0n) is 10.4. The summed E-state index contributed by atoms with van der Waals surface area (Å²) < 4.78 is 0. The van der Waals surface area contributed by atoms with Gasteiger partial charge in [-0.25, -0.2) is 0 Å². The third-order valence-electron chi connectivity index (χ3n) is 3.65. The molecular formula is C15H16ClNS. The number of fused-ring (bicyclic) bond motifs is 1. The van der Waals surface area contributed by atoms with E-state index in [2.05, 4.69) is 28.9 Å². The lowest BCUT2D eigenvalue weighted by Gasteiger charge is -2.17. The maximum Gasteiger partial charge on any atom is 0.0683 e. The summed E-state index contributed by atoms with van der Waals surface area (Å²) in [6.07, 6.45) is 3.75. The van der Waals surface area contributed by atoms with Crippen LogP contribution in [0.2, 0.25) is 5.02 Å². The van der Waals surface area contributed by atoms with Crippen LogP contribution in [0.5, 0.6) is 0 Å². The van der Waals surface area contributed by atoms with Crippen molar-refractivity contribution in [1.29, 1.82) is 0 Å². The van der Waals surface area contributed by atoms with E-state index in [-0.39, 0.29) is 6.04 Å². The van der Waals surface area contributed by atoms with E-state index in [1.807, 2.05) is 13.1 Å². The summed E-state index contributed by atoms with van der Waals surface area (Å²) in [5, 5.41) is 6.29. The van der Waals surface area contributed by atoms with E-state index in [9.17, 15) is 0 Å². The summed E-state index contributed by atoms with van der Waals surface area (Å²) >= 11 is 7.97. The zero-order valence-corrected chi connectivity index (χ0v) is 11.9. The van der Waals surface area contributed by atoms with Crippen LogP contribution in [0, 0.1) is 0 Å². The van der Waals surface area contributed by atoms with Crippen LogP contribution in [0.1, 0.15) is 34.0 Å². The number of hydrogen-bond acceptors (Lipinski definition) is 2. The van der Waals surface area contributed by atoms with Gasteiger partial charge in [0, 0.05) is 4.88 Å². The first-order chi connectivity index (χ1) is 8.79. The van der Waals surface area contributed by atoms with E-state index in [4.69, 9.17) is 11.6 Å². The van der Waals surface area contributed by atoms with Crippen LogP contribution in [0.15, 0.2) is 29.6 Å². The molecule has 94 valence electrons. The molecule has 1 heterocycles. The highest BCUT2D eigenvalue weighted by molar-refractivity contribution is 7.10. The molecule has 0 bridgehead atoms. The first-order valence-electron chi connectivity index (χ1n) is 6.31. The Labute approximate surface area is 117 Å². The SMILES string of the molecule is CNC(c1ccc2c(c1)CCC2)c1sccc1Cl. The van der Waals surface area contributed by atoms with Gasteiger partial charge >= 0.3 is 0 Å². The molecule has 0 fully saturated rings. The maximum absolute atomic E-state index is 6.25. The van der Waals surface area contributed by atoms with E-state index in [1.54, 1.807) is 11.3 Å². The molecule has 2 aromatic rings. The van der Waals surface area contributed by atoms with Crippen LogP contribution >= 0.6 is 22.9 Å². The van der Waals surface area contributed by atoms with Gasteiger partial charge in [-0.2, -0.15) is 0 Å². The first kappa shape index (κ1) is 12.2. The van der Waals surface area contributed by atoms with Crippen molar-refractivity contribution >= 4 is 22.9 Å². The van der Waals surface area contributed by atoms with Crippen LogP contribution in [0.3, 0.4) is 0 Å². The Morgan fingerprint density at radius 1 is 1.22 bits per heavy atom. The van der Waals surface area contributed by atoms with Crippen molar-refractivity contribution in [3.05, 3.63) is 56.2 Å². The van der Waals surface area contributed by atoms with Gasteiger partial charge in [0.15, 0.2) is 0 Å².